The highest BCUT2D eigenvalue weighted by molar-refractivity contribution is 5.86. The minimum Gasteiger partial charge on any atom is -0.489 e. The molecule has 6 heteroatoms. The first-order valence-electron chi connectivity index (χ1n) is 9.37. The molecular weight excluding hydrogens is 358 g/mol. The normalized spacial score (nSPS) is 17.0. The summed E-state index contributed by atoms with van der Waals surface area (Å²) in [6.45, 7) is 1.46. The van der Waals surface area contributed by atoms with Gasteiger partial charge >= 0.3 is 5.97 Å². The number of esters is 1. The Morgan fingerprint density at radius 2 is 1.86 bits per heavy atom. The maximum absolute atomic E-state index is 12.3. The molecule has 1 fully saturated rings. The number of methoxy groups -OCH3 is 1. The average Bonchev–Trinajstić information content (AvgIpc) is 3.28. The van der Waals surface area contributed by atoms with E-state index in [0.29, 0.717) is 32.7 Å². The number of ether oxygens (including phenoxy) is 3. The van der Waals surface area contributed by atoms with Gasteiger partial charge in [0.05, 0.1) is 19.6 Å². The molecule has 0 bridgehead atoms. The van der Waals surface area contributed by atoms with Crippen LogP contribution in [0.2, 0.25) is 0 Å². The molecule has 148 valence electrons. The van der Waals surface area contributed by atoms with Crippen molar-refractivity contribution >= 4 is 11.9 Å². The van der Waals surface area contributed by atoms with E-state index < -0.39 is 12.0 Å². The molecular formula is C22H25NO5. The fourth-order valence-electron chi connectivity index (χ4n) is 3.06. The van der Waals surface area contributed by atoms with Gasteiger partial charge in [-0.05, 0) is 29.7 Å². The Balaban J connectivity index is 1.57. The minimum atomic E-state index is -0.728. The van der Waals surface area contributed by atoms with Crippen LogP contribution in [0.1, 0.15) is 17.5 Å². The number of amides is 1. The number of carbonyl (C=O) groups excluding carboxylic acids is 2. The molecule has 1 amide bonds. The molecule has 1 aliphatic heterocycles. The van der Waals surface area contributed by atoms with Crippen LogP contribution in [0.3, 0.4) is 0 Å². The van der Waals surface area contributed by atoms with Crippen molar-refractivity contribution in [3.8, 4) is 5.75 Å². The van der Waals surface area contributed by atoms with Crippen molar-refractivity contribution < 1.29 is 23.8 Å². The van der Waals surface area contributed by atoms with E-state index in [4.69, 9.17) is 14.2 Å². The molecule has 6 nitrogen and oxygen atoms in total. The van der Waals surface area contributed by atoms with Gasteiger partial charge in [0.1, 0.15) is 18.4 Å². The molecule has 0 aliphatic carbocycles. The Morgan fingerprint density at radius 1 is 1.11 bits per heavy atom. The summed E-state index contributed by atoms with van der Waals surface area (Å²) in [6.07, 6.45) is 1.03. The van der Waals surface area contributed by atoms with E-state index in [2.05, 4.69) is 5.32 Å². The molecule has 28 heavy (non-hydrogen) atoms. The van der Waals surface area contributed by atoms with Gasteiger partial charge in [-0.1, -0.05) is 42.5 Å². The number of carbonyl (C=O) groups is 2. The highest BCUT2D eigenvalue weighted by atomic mass is 16.5. The predicted molar refractivity (Wildman–Crippen MR) is 104 cm³/mol. The van der Waals surface area contributed by atoms with E-state index in [-0.39, 0.29) is 11.8 Å². The fourth-order valence-corrected chi connectivity index (χ4v) is 3.06. The van der Waals surface area contributed by atoms with Crippen molar-refractivity contribution in [2.75, 3.05) is 20.3 Å². The van der Waals surface area contributed by atoms with Crippen molar-refractivity contribution in [3.63, 3.8) is 0 Å². The van der Waals surface area contributed by atoms with Gasteiger partial charge < -0.3 is 19.5 Å². The second-order valence-corrected chi connectivity index (χ2v) is 6.77. The summed E-state index contributed by atoms with van der Waals surface area (Å²) in [5.41, 5.74) is 2.00. The Morgan fingerprint density at radius 3 is 2.50 bits per heavy atom. The van der Waals surface area contributed by atoms with Crippen LogP contribution in [0.25, 0.3) is 0 Å². The molecule has 2 atom stereocenters. The van der Waals surface area contributed by atoms with Crippen molar-refractivity contribution in [2.24, 2.45) is 5.92 Å². The lowest BCUT2D eigenvalue weighted by atomic mass is 10.0. The summed E-state index contributed by atoms with van der Waals surface area (Å²) in [4.78, 5) is 24.4. The molecule has 1 saturated heterocycles. The number of hydrogen-bond donors (Lipinski definition) is 1. The van der Waals surface area contributed by atoms with Gasteiger partial charge in [-0.15, -0.1) is 0 Å². The molecule has 1 aliphatic rings. The molecule has 3 rings (SSSR count). The summed E-state index contributed by atoms with van der Waals surface area (Å²) in [6, 6.07) is 16.7. The van der Waals surface area contributed by atoms with Crippen molar-refractivity contribution in [1.29, 1.82) is 0 Å². The molecule has 0 unspecified atom stereocenters. The maximum Gasteiger partial charge on any atom is 0.328 e. The zero-order valence-corrected chi connectivity index (χ0v) is 15.9. The van der Waals surface area contributed by atoms with Gasteiger partial charge in [-0.25, -0.2) is 4.79 Å². The molecule has 0 radical (unpaired) electrons. The Kier molecular flexibility index (Phi) is 7.03. The molecule has 2 aromatic carbocycles. The molecule has 0 saturated carbocycles. The Labute approximate surface area is 164 Å². The van der Waals surface area contributed by atoms with Gasteiger partial charge in [0, 0.05) is 13.0 Å². The second kappa shape index (κ2) is 9.90. The summed E-state index contributed by atoms with van der Waals surface area (Å²) in [5.74, 6) is -0.0948. The largest absolute Gasteiger partial charge is 0.489 e. The third-order valence-corrected chi connectivity index (χ3v) is 4.71. The van der Waals surface area contributed by atoms with E-state index >= 15 is 0 Å². The van der Waals surface area contributed by atoms with Crippen LogP contribution >= 0.6 is 0 Å². The summed E-state index contributed by atoms with van der Waals surface area (Å²) < 4.78 is 15.9. The van der Waals surface area contributed by atoms with E-state index in [1.807, 2.05) is 54.6 Å². The molecule has 1 heterocycles. The SMILES string of the molecule is COC(=O)[C@H](Cc1ccc(OCc2ccccc2)cc1)NC(=O)[C@@H]1CCOC1. The molecule has 0 aromatic heterocycles. The quantitative estimate of drug-likeness (QED) is 0.709. The summed E-state index contributed by atoms with van der Waals surface area (Å²) in [5, 5.41) is 2.79. The van der Waals surface area contributed by atoms with Gasteiger partial charge in [0.2, 0.25) is 5.91 Å². The first-order valence-corrected chi connectivity index (χ1v) is 9.37. The number of rotatable bonds is 8. The smallest absolute Gasteiger partial charge is 0.328 e. The minimum absolute atomic E-state index is 0.171. The monoisotopic (exact) mass is 383 g/mol. The van der Waals surface area contributed by atoms with E-state index in [1.54, 1.807) is 0 Å². The predicted octanol–water partition coefficient (Wildman–Crippen LogP) is 2.50. The third kappa shape index (κ3) is 5.57. The molecule has 1 N–H and O–H groups in total. The Hall–Kier alpha value is -2.86. The topological polar surface area (TPSA) is 73.9 Å². The van der Waals surface area contributed by atoms with Crippen LogP contribution in [0.5, 0.6) is 5.75 Å². The van der Waals surface area contributed by atoms with Crippen molar-refractivity contribution in [2.45, 2.75) is 25.5 Å². The third-order valence-electron chi connectivity index (χ3n) is 4.71. The summed E-state index contributed by atoms with van der Waals surface area (Å²) >= 11 is 0. The lowest BCUT2D eigenvalue weighted by Crippen LogP contribution is -2.45. The van der Waals surface area contributed by atoms with Crippen LogP contribution in [-0.4, -0.2) is 38.2 Å². The van der Waals surface area contributed by atoms with Gasteiger partial charge in [-0.2, -0.15) is 0 Å². The van der Waals surface area contributed by atoms with Crippen LogP contribution in [0, 0.1) is 5.92 Å². The summed E-state index contributed by atoms with van der Waals surface area (Å²) in [7, 11) is 1.32. The average molecular weight is 383 g/mol. The maximum atomic E-state index is 12.3. The molecule has 2 aromatic rings. The van der Waals surface area contributed by atoms with Crippen LogP contribution in [-0.2, 0) is 32.1 Å². The highest BCUT2D eigenvalue weighted by Crippen LogP contribution is 2.17. The highest BCUT2D eigenvalue weighted by Gasteiger charge is 2.28. The lowest BCUT2D eigenvalue weighted by Gasteiger charge is -2.18. The standard InChI is InChI=1S/C22H25NO5/c1-26-22(25)20(23-21(24)18-11-12-27-15-18)13-16-7-9-19(10-8-16)28-14-17-5-3-2-4-6-17/h2-10,18,20H,11-15H2,1H3,(H,23,24)/t18-,20+/m1/s1. The van der Waals surface area contributed by atoms with Crippen molar-refractivity contribution in [3.05, 3.63) is 65.7 Å². The first kappa shape index (κ1) is 19.9. The fraction of sp³-hybridized carbons (Fsp3) is 0.364. The number of nitrogens with one attached hydrogen (secondary N) is 1. The molecule has 0 spiro atoms. The zero-order chi connectivity index (χ0) is 19.8. The lowest BCUT2D eigenvalue weighted by molar-refractivity contribution is -0.145. The van der Waals surface area contributed by atoms with Gasteiger partial charge in [-0.3, -0.25) is 4.79 Å². The first-order chi connectivity index (χ1) is 13.7. The van der Waals surface area contributed by atoms with E-state index in [1.165, 1.54) is 7.11 Å². The van der Waals surface area contributed by atoms with Crippen LogP contribution in [0.4, 0.5) is 0 Å². The van der Waals surface area contributed by atoms with Crippen molar-refractivity contribution in [1.82, 2.24) is 5.32 Å². The van der Waals surface area contributed by atoms with Gasteiger partial charge in [0.15, 0.2) is 0 Å². The number of benzene rings is 2. The second-order valence-electron chi connectivity index (χ2n) is 6.77. The van der Waals surface area contributed by atoms with Crippen LogP contribution < -0.4 is 10.1 Å². The van der Waals surface area contributed by atoms with Crippen LogP contribution in [0.15, 0.2) is 54.6 Å². The van der Waals surface area contributed by atoms with E-state index in [0.717, 1.165) is 16.9 Å². The Bertz CT molecular complexity index is 769. The van der Waals surface area contributed by atoms with Gasteiger partial charge in [0.25, 0.3) is 0 Å². The zero-order valence-electron chi connectivity index (χ0n) is 15.9. The van der Waals surface area contributed by atoms with E-state index in [9.17, 15) is 9.59 Å². The number of hydrogen-bond acceptors (Lipinski definition) is 5.